The summed E-state index contributed by atoms with van der Waals surface area (Å²) in [5, 5.41) is 0. The second-order valence-corrected chi connectivity index (χ2v) is 11.4. The highest BCUT2D eigenvalue weighted by Crippen LogP contribution is 2.39. The second-order valence-electron chi connectivity index (χ2n) is 10.3. The van der Waals surface area contributed by atoms with Crippen LogP contribution in [0.3, 0.4) is 0 Å². The Morgan fingerprint density at radius 1 is 0.971 bits per heavy atom. The third-order valence-electron chi connectivity index (χ3n) is 7.35. The molecule has 3 aromatic carbocycles. The van der Waals surface area contributed by atoms with Crippen molar-refractivity contribution in [3.05, 3.63) is 95.1 Å². The number of piperidine rings is 1. The number of thioether (sulfide) groups is 1. The predicted octanol–water partition coefficient (Wildman–Crippen LogP) is 7.63. The molecule has 2 unspecified atom stereocenters. The van der Waals surface area contributed by atoms with E-state index in [2.05, 4.69) is 86.3 Å². The SMILES string of the molecule is Cc1cccc(SCc2ccc(C(=O)N3C4CCC3CC(Oc3ccccc3C(C)C)C4)cc2)c1. The minimum atomic E-state index is 0.177. The predicted molar refractivity (Wildman–Crippen MR) is 144 cm³/mol. The molecule has 1 amide bonds. The van der Waals surface area contributed by atoms with E-state index in [-0.39, 0.29) is 24.1 Å². The first-order valence-electron chi connectivity index (χ1n) is 12.8. The van der Waals surface area contributed by atoms with Crippen LogP contribution in [-0.2, 0) is 5.75 Å². The van der Waals surface area contributed by atoms with Crippen molar-refractivity contribution in [2.45, 2.75) is 81.2 Å². The van der Waals surface area contributed by atoms with Gasteiger partial charge in [0.25, 0.3) is 5.91 Å². The smallest absolute Gasteiger partial charge is 0.254 e. The number of carbonyl (C=O) groups is 1. The van der Waals surface area contributed by atoms with Crippen LogP contribution in [0.4, 0.5) is 0 Å². The number of ether oxygens (including phenoxy) is 1. The molecule has 2 fully saturated rings. The highest BCUT2D eigenvalue weighted by molar-refractivity contribution is 7.98. The number of hydrogen-bond donors (Lipinski definition) is 0. The fourth-order valence-corrected chi connectivity index (χ4v) is 6.53. The van der Waals surface area contributed by atoms with Crippen LogP contribution in [0, 0.1) is 6.92 Å². The lowest BCUT2D eigenvalue weighted by Crippen LogP contribution is -2.49. The summed E-state index contributed by atoms with van der Waals surface area (Å²) in [6, 6.07) is 25.8. The molecule has 2 atom stereocenters. The van der Waals surface area contributed by atoms with Crippen LogP contribution in [0.5, 0.6) is 5.75 Å². The van der Waals surface area contributed by atoms with Gasteiger partial charge < -0.3 is 9.64 Å². The van der Waals surface area contributed by atoms with Gasteiger partial charge in [-0.15, -0.1) is 11.8 Å². The highest BCUT2D eigenvalue weighted by Gasteiger charge is 2.44. The maximum Gasteiger partial charge on any atom is 0.254 e. The van der Waals surface area contributed by atoms with Crippen LogP contribution in [-0.4, -0.2) is 29.0 Å². The van der Waals surface area contributed by atoms with E-state index in [0.717, 1.165) is 42.7 Å². The maximum absolute atomic E-state index is 13.5. The maximum atomic E-state index is 13.5. The van der Waals surface area contributed by atoms with Crippen molar-refractivity contribution in [3.8, 4) is 5.75 Å². The number of hydrogen-bond acceptors (Lipinski definition) is 3. The largest absolute Gasteiger partial charge is 0.490 e. The summed E-state index contributed by atoms with van der Waals surface area (Å²) >= 11 is 1.84. The summed E-state index contributed by atoms with van der Waals surface area (Å²) < 4.78 is 6.51. The first-order valence-corrected chi connectivity index (χ1v) is 13.8. The van der Waals surface area contributed by atoms with Gasteiger partial charge in [0, 0.05) is 41.1 Å². The van der Waals surface area contributed by atoms with E-state index in [1.165, 1.54) is 21.6 Å². The van der Waals surface area contributed by atoms with Gasteiger partial charge in [0.1, 0.15) is 11.9 Å². The number of fused-ring (bicyclic) bond motifs is 2. The van der Waals surface area contributed by atoms with Gasteiger partial charge in [-0.3, -0.25) is 4.79 Å². The number of benzene rings is 3. The Morgan fingerprint density at radius 2 is 1.69 bits per heavy atom. The Labute approximate surface area is 213 Å². The highest BCUT2D eigenvalue weighted by atomic mass is 32.2. The summed E-state index contributed by atoms with van der Waals surface area (Å²) in [5.74, 6) is 2.52. The quantitative estimate of drug-likeness (QED) is 0.322. The Bertz CT molecular complexity index is 1160. The first-order chi connectivity index (χ1) is 17.0. The molecule has 0 N–H and O–H groups in total. The minimum Gasteiger partial charge on any atom is -0.490 e. The van der Waals surface area contributed by atoms with Crippen molar-refractivity contribution in [1.82, 2.24) is 4.90 Å². The van der Waals surface area contributed by atoms with Crippen molar-refractivity contribution >= 4 is 17.7 Å². The zero-order valence-electron chi connectivity index (χ0n) is 20.9. The number of rotatable bonds is 7. The minimum absolute atomic E-state index is 0.177. The molecule has 2 aliphatic rings. The normalized spacial score (nSPS) is 21.4. The number of amides is 1. The van der Waals surface area contributed by atoms with Gasteiger partial charge in [-0.1, -0.05) is 61.9 Å². The van der Waals surface area contributed by atoms with E-state index in [4.69, 9.17) is 4.74 Å². The molecule has 0 saturated carbocycles. The molecule has 3 aromatic rings. The Hall–Kier alpha value is -2.72. The molecular weight excluding hydrogens is 450 g/mol. The average Bonchev–Trinajstić information content (AvgIpc) is 3.13. The number of aryl methyl sites for hydroxylation is 1. The van der Waals surface area contributed by atoms with Crippen molar-refractivity contribution in [3.63, 3.8) is 0 Å². The van der Waals surface area contributed by atoms with E-state index < -0.39 is 0 Å². The van der Waals surface area contributed by atoms with Crippen molar-refractivity contribution in [2.75, 3.05) is 0 Å². The summed E-state index contributed by atoms with van der Waals surface area (Å²) in [4.78, 5) is 16.9. The van der Waals surface area contributed by atoms with E-state index in [9.17, 15) is 4.79 Å². The van der Waals surface area contributed by atoms with Gasteiger partial charge in [-0.05, 0) is 67.1 Å². The number of carbonyl (C=O) groups excluding carboxylic acids is 1. The summed E-state index contributed by atoms with van der Waals surface area (Å²) in [5.41, 5.74) is 4.59. The molecule has 0 aliphatic carbocycles. The Morgan fingerprint density at radius 3 is 2.37 bits per heavy atom. The topological polar surface area (TPSA) is 29.5 Å². The molecule has 2 aliphatic heterocycles. The lowest BCUT2D eigenvalue weighted by molar-refractivity contribution is 0.0356. The van der Waals surface area contributed by atoms with Gasteiger partial charge in [-0.25, -0.2) is 0 Å². The molecular formula is C31H35NO2S. The fraction of sp³-hybridized carbons (Fsp3) is 0.387. The van der Waals surface area contributed by atoms with Gasteiger partial charge in [-0.2, -0.15) is 0 Å². The molecule has 4 heteroatoms. The summed E-state index contributed by atoms with van der Waals surface area (Å²) in [6.45, 7) is 6.54. The van der Waals surface area contributed by atoms with Gasteiger partial charge in [0.15, 0.2) is 0 Å². The van der Waals surface area contributed by atoms with Crippen LogP contribution < -0.4 is 4.74 Å². The molecule has 5 rings (SSSR count). The first kappa shape index (κ1) is 24.0. The molecule has 35 heavy (non-hydrogen) atoms. The number of para-hydroxylation sites is 1. The lowest BCUT2D eigenvalue weighted by atomic mass is 9.97. The molecule has 3 nitrogen and oxygen atoms in total. The molecule has 0 aromatic heterocycles. The fourth-order valence-electron chi connectivity index (χ4n) is 5.56. The summed E-state index contributed by atoms with van der Waals surface area (Å²) in [6.07, 6.45) is 4.16. The second kappa shape index (κ2) is 10.5. The third-order valence-corrected chi connectivity index (χ3v) is 8.42. The molecule has 182 valence electrons. The van der Waals surface area contributed by atoms with E-state index in [1.54, 1.807) is 0 Å². The zero-order valence-corrected chi connectivity index (χ0v) is 21.8. The Balaban J connectivity index is 1.21. The van der Waals surface area contributed by atoms with Crippen LogP contribution in [0.2, 0.25) is 0 Å². The lowest BCUT2D eigenvalue weighted by Gasteiger charge is -2.39. The van der Waals surface area contributed by atoms with Gasteiger partial charge in [0.2, 0.25) is 0 Å². The monoisotopic (exact) mass is 485 g/mol. The molecule has 0 spiro atoms. The van der Waals surface area contributed by atoms with E-state index in [0.29, 0.717) is 5.92 Å². The number of nitrogens with zero attached hydrogens (tertiary/aromatic N) is 1. The molecule has 2 bridgehead atoms. The molecule has 2 heterocycles. The van der Waals surface area contributed by atoms with Crippen LogP contribution >= 0.6 is 11.8 Å². The molecule has 0 radical (unpaired) electrons. The van der Waals surface area contributed by atoms with Crippen molar-refractivity contribution in [1.29, 1.82) is 0 Å². The van der Waals surface area contributed by atoms with E-state index in [1.807, 2.05) is 23.9 Å². The van der Waals surface area contributed by atoms with Crippen LogP contribution in [0.15, 0.2) is 77.7 Å². The van der Waals surface area contributed by atoms with Gasteiger partial charge in [0.05, 0.1) is 0 Å². The standard InChI is InChI=1S/C31H35NO2S/c1-21(2)29-9-4-5-10-30(29)34-27-18-25-15-16-26(19-27)32(25)31(33)24-13-11-23(12-14-24)20-35-28-8-6-7-22(3)17-28/h4-14,17,21,25-27H,15-16,18-20H2,1-3H3. The van der Waals surface area contributed by atoms with Crippen LogP contribution in [0.1, 0.15) is 72.5 Å². The van der Waals surface area contributed by atoms with Gasteiger partial charge >= 0.3 is 0 Å². The Kier molecular flexibility index (Phi) is 7.19. The van der Waals surface area contributed by atoms with Crippen LogP contribution in [0.25, 0.3) is 0 Å². The zero-order chi connectivity index (χ0) is 24.4. The van der Waals surface area contributed by atoms with E-state index >= 15 is 0 Å². The molecule has 2 saturated heterocycles. The third kappa shape index (κ3) is 5.43. The summed E-state index contributed by atoms with van der Waals surface area (Å²) in [7, 11) is 0. The average molecular weight is 486 g/mol. The van der Waals surface area contributed by atoms with Crippen molar-refractivity contribution in [2.24, 2.45) is 0 Å². The van der Waals surface area contributed by atoms with Crippen molar-refractivity contribution < 1.29 is 9.53 Å².